The number of carbonyl (C=O) groups excluding carboxylic acids is 1. The van der Waals surface area contributed by atoms with Gasteiger partial charge in [0.2, 0.25) is 0 Å². The van der Waals surface area contributed by atoms with Crippen LogP contribution in [0.2, 0.25) is 0 Å². The maximum Gasteiger partial charge on any atom is 0.278 e. The quantitative estimate of drug-likeness (QED) is 0.501. The molecule has 1 aromatic carbocycles. The van der Waals surface area contributed by atoms with Gasteiger partial charge in [0, 0.05) is 6.54 Å². The summed E-state index contributed by atoms with van der Waals surface area (Å²) in [5.41, 5.74) is 3.19. The van der Waals surface area contributed by atoms with Gasteiger partial charge in [-0.05, 0) is 44.5 Å². The van der Waals surface area contributed by atoms with E-state index in [1.165, 1.54) is 12.8 Å². The summed E-state index contributed by atoms with van der Waals surface area (Å²) in [6.45, 7) is 7.92. The fraction of sp³-hybridized carbons (Fsp3) is 0.500. The summed E-state index contributed by atoms with van der Waals surface area (Å²) in [7, 11) is 0. The molecule has 2 aromatic heterocycles. The second-order valence-electron chi connectivity index (χ2n) is 8.67. The number of para-hydroxylation sites is 1. The molecule has 3 aromatic rings. The molecule has 0 radical (unpaired) electrons. The van der Waals surface area contributed by atoms with Crippen molar-refractivity contribution < 1.29 is 9.32 Å². The molecule has 8 heteroatoms. The maximum absolute atomic E-state index is 13.0. The lowest BCUT2D eigenvalue weighted by molar-refractivity contribution is 0.0461. The SMILES string of the molecule is CCCCN(CCCC)Cc1noc(-c2ncn3c2[C@@H]2CCN2C(=O)c2ccccc2-3)n1. The highest BCUT2D eigenvalue weighted by molar-refractivity contribution is 5.99. The molecule has 0 spiro atoms. The molecule has 0 bridgehead atoms. The lowest BCUT2D eigenvalue weighted by Crippen LogP contribution is -2.44. The van der Waals surface area contributed by atoms with Gasteiger partial charge in [-0.15, -0.1) is 0 Å². The zero-order valence-corrected chi connectivity index (χ0v) is 18.8. The van der Waals surface area contributed by atoms with Crippen molar-refractivity contribution in [3.63, 3.8) is 0 Å². The standard InChI is InChI=1S/C24H30N6O2/c1-3-5-12-28(13-6-4-2)15-20-26-23(32-27-20)21-22-19-11-14-29(19)24(31)17-9-7-8-10-18(17)30(22)16-25-21/h7-10,16,19H,3-6,11-15H2,1-2H3/t19-/m0/s1. The summed E-state index contributed by atoms with van der Waals surface area (Å²) in [5.74, 6) is 1.18. The largest absolute Gasteiger partial charge is 0.332 e. The molecule has 1 saturated heterocycles. The van der Waals surface area contributed by atoms with Gasteiger partial charge in [-0.1, -0.05) is 44.0 Å². The molecule has 32 heavy (non-hydrogen) atoms. The molecule has 0 saturated carbocycles. The third-order valence-corrected chi connectivity index (χ3v) is 6.49. The molecule has 5 rings (SSSR count). The molecular formula is C24H30N6O2. The third kappa shape index (κ3) is 3.62. The lowest BCUT2D eigenvalue weighted by atomic mass is 9.97. The molecule has 0 aliphatic carbocycles. The van der Waals surface area contributed by atoms with Crippen molar-refractivity contribution in [2.24, 2.45) is 0 Å². The van der Waals surface area contributed by atoms with Gasteiger partial charge in [-0.3, -0.25) is 14.3 Å². The number of hydrogen-bond acceptors (Lipinski definition) is 6. The van der Waals surface area contributed by atoms with E-state index in [0.717, 1.165) is 50.3 Å². The van der Waals surface area contributed by atoms with Crippen LogP contribution in [0.5, 0.6) is 0 Å². The van der Waals surface area contributed by atoms with Crippen LogP contribution in [0.4, 0.5) is 0 Å². The van der Waals surface area contributed by atoms with Crippen LogP contribution in [-0.2, 0) is 6.54 Å². The number of nitrogens with zero attached hydrogens (tertiary/aromatic N) is 6. The fourth-order valence-electron chi connectivity index (χ4n) is 4.61. The van der Waals surface area contributed by atoms with E-state index in [9.17, 15) is 4.79 Å². The molecule has 1 fully saturated rings. The first-order valence-electron chi connectivity index (χ1n) is 11.7. The summed E-state index contributed by atoms with van der Waals surface area (Å²) >= 11 is 0. The number of hydrogen-bond donors (Lipinski definition) is 0. The predicted octanol–water partition coefficient (Wildman–Crippen LogP) is 4.23. The normalized spacial score (nSPS) is 17.0. The van der Waals surface area contributed by atoms with Crippen molar-refractivity contribution in [3.05, 3.63) is 47.7 Å². The summed E-state index contributed by atoms with van der Waals surface area (Å²) in [6, 6.07) is 7.68. The van der Waals surface area contributed by atoms with Crippen LogP contribution in [0.15, 0.2) is 35.1 Å². The van der Waals surface area contributed by atoms with Crippen molar-refractivity contribution in [2.75, 3.05) is 19.6 Å². The van der Waals surface area contributed by atoms with Gasteiger partial charge in [0.15, 0.2) is 11.5 Å². The Bertz CT molecular complexity index is 1100. The number of benzene rings is 1. The van der Waals surface area contributed by atoms with E-state index in [1.54, 1.807) is 6.33 Å². The van der Waals surface area contributed by atoms with Crippen LogP contribution < -0.4 is 0 Å². The number of fused-ring (bicyclic) bond motifs is 5. The molecule has 4 heterocycles. The van der Waals surface area contributed by atoms with Crippen molar-refractivity contribution in [2.45, 2.75) is 58.5 Å². The predicted molar refractivity (Wildman–Crippen MR) is 120 cm³/mol. The Morgan fingerprint density at radius 3 is 2.66 bits per heavy atom. The topological polar surface area (TPSA) is 80.3 Å². The van der Waals surface area contributed by atoms with Crippen molar-refractivity contribution in [3.8, 4) is 17.3 Å². The molecule has 0 N–H and O–H groups in total. The number of rotatable bonds is 9. The molecule has 168 valence electrons. The summed E-state index contributed by atoms with van der Waals surface area (Å²) in [6.07, 6.45) is 7.33. The van der Waals surface area contributed by atoms with Gasteiger partial charge in [0.25, 0.3) is 11.8 Å². The van der Waals surface area contributed by atoms with Gasteiger partial charge >= 0.3 is 0 Å². The van der Waals surface area contributed by atoms with Gasteiger partial charge in [-0.25, -0.2) is 4.98 Å². The molecule has 0 unspecified atom stereocenters. The molecule has 2 aliphatic heterocycles. The van der Waals surface area contributed by atoms with E-state index < -0.39 is 0 Å². The highest BCUT2D eigenvalue weighted by Crippen LogP contribution is 2.43. The molecule has 1 amide bonds. The van der Waals surface area contributed by atoms with Gasteiger partial charge in [-0.2, -0.15) is 4.98 Å². The van der Waals surface area contributed by atoms with Crippen LogP contribution >= 0.6 is 0 Å². The van der Waals surface area contributed by atoms with E-state index in [2.05, 4.69) is 28.9 Å². The van der Waals surface area contributed by atoms with Crippen LogP contribution in [0.3, 0.4) is 0 Å². The van der Waals surface area contributed by atoms with Gasteiger partial charge in [0.05, 0.1) is 29.5 Å². The Balaban J connectivity index is 1.46. The Labute approximate surface area is 188 Å². The van der Waals surface area contributed by atoms with E-state index in [-0.39, 0.29) is 11.9 Å². The summed E-state index contributed by atoms with van der Waals surface area (Å²) in [5, 5.41) is 4.26. The Morgan fingerprint density at radius 2 is 1.94 bits per heavy atom. The monoisotopic (exact) mass is 434 g/mol. The van der Waals surface area contributed by atoms with Crippen LogP contribution in [0.25, 0.3) is 17.3 Å². The zero-order chi connectivity index (χ0) is 22.1. The van der Waals surface area contributed by atoms with E-state index >= 15 is 0 Å². The van der Waals surface area contributed by atoms with Crippen molar-refractivity contribution in [1.82, 2.24) is 29.5 Å². The second-order valence-corrected chi connectivity index (χ2v) is 8.67. The number of imidazole rings is 1. The van der Waals surface area contributed by atoms with E-state index in [4.69, 9.17) is 9.51 Å². The van der Waals surface area contributed by atoms with Crippen molar-refractivity contribution >= 4 is 5.91 Å². The lowest BCUT2D eigenvalue weighted by Gasteiger charge is -2.39. The first-order valence-corrected chi connectivity index (χ1v) is 11.7. The summed E-state index contributed by atoms with van der Waals surface area (Å²) in [4.78, 5) is 26.7. The van der Waals surface area contributed by atoms with Crippen LogP contribution in [-0.4, -0.2) is 55.0 Å². The number of unbranched alkanes of at least 4 members (excludes halogenated alkanes) is 2. The summed E-state index contributed by atoms with van der Waals surface area (Å²) < 4.78 is 7.70. The average Bonchev–Trinajstić information content (AvgIpc) is 3.40. The minimum atomic E-state index is -0.0200. The minimum Gasteiger partial charge on any atom is -0.332 e. The molecular weight excluding hydrogens is 404 g/mol. The highest BCUT2D eigenvalue weighted by Gasteiger charge is 2.42. The fourth-order valence-corrected chi connectivity index (χ4v) is 4.61. The van der Waals surface area contributed by atoms with Crippen LogP contribution in [0.1, 0.15) is 73.9 Å². The Morgan fingerprint density at radius 1 is 1.16 bits per heavy atom. The average molecular weight is 435 g/mol. The van der Waals surface area contributed by atoms with Crippen LogP contribution in [0, 0.1) is 0 Å². The van der Waals surface area contributed by atoms with Gasteiger partial charge < -0.3 is 9.42 Å². The number of carbonyl (C=O) groups is 1. The molecule has 8 nitrogen and oxygen atoms in total. The smallest absolute Gasteiger partial charge is 0.278 e. The Kier molecular flexibility index (Phi) is 5.78. The van der Waals surface area contributed by atoms with E-state index in [1.807, 2.05) is 33.7 Å². The zero-order valence-electron chi connectivity index (χ0n) is 18.8. The van der Waals surface area contributed by atoms with E-state index in [0.29, 0.717) is 29.5 Å². The maximum atomic E-state index is 13.0. The number of amides is 1. The second kappa shape index (κ2) is 8.86. The minimum absolute atomic E-state index is 0.0200. The number of aromatic nitrogens is 4. The first kappa shape index (κ1) is 20.9. The molecule has 2 aliphatic rings. The Hall–Kier alpha value is -3.00. The highest BCUT2D eigenvalue weighted by atomic mass is 16.5. The first-order chi connectivity index (χ1) is 15.7. The van der Waals surface area contributed by atoms with Crippen molar-refractivity contribution in [1.29, 1.82) is 0 Å². The molecule has 1 atom stereocenters. The third-order valence-electron chi connectivity index (χ3n) is 6.49. The van der Waals surface area contributed by atoms with Gasteiger partial charge in [0.1, 0.15) is 6.33 Å².